The van der Waals surface area contributed by atoms with E-state index in [2.05, 4.69) is 26.2 Å². The van der Waals surface area contributed by atoms with E-state index in [0.717, 1.165) is 4.47 Å². The molecule has 1 aromatic heterocycles. The lowest BCUT2D eigenvalue weighted by Gasteiger charge is -2.12. The fourth-order valence-corrected chi connectivity index (χ4v) is 2.56. The molecule has 0 fully saturated rings. The van der Waals surface area contributed by atoms with Crippen molar-refractivity contribution in [3.63, 3.8) is 0 Å². The van der Waals surface area contributed by atoms with Crippen LogP contribution in [0, 0.1) is 0 Å². The van der Waals surface area contributed by atoms with Gasteiger partial charge in [0.25, 0.3) is 0 Å². The van der Waals surface area contributed by atoms with Crippen molar-refractivity contribution in [1.82, 2.24) is 5.32 Å². The molecule has 1 rings (SSSR count). The second kappa shape index (κ2) is 6.88. The fraction of sp³-hybridized carbons (Fsp3) is 0.500. The van der Waals surface area contributed by atoms with E-state index in [4.69, 9.17) is 10.5 Å². The van der Waals surface area contributed by atoms with Gasteiger partial charge in [0.2, 0.25) is 0 Å². The van der Waals surface area contributed by atoms with E-state index >= 15 is 0 Å². The van der Waals surface area contributed by atoms with Gasteiger partial charge in [-0.15, -0.1) is 11.3 Å². The first-order valence-corrected chi connectivity index (χ1v) is 6.57. The monoisotopic (exact) mass is 305 g/mol. The van der Waals surface area contributed by atoms with E-state index in [1.165, 1.54) is 4.88 Å². The molecule has 0 spiro atoms. The molecule has 90 valence electrons. The van der Waals surface area contributed by atoms with Crippen LogP contribution in [0.15, 0.2) is 20.9 Å². The van der Waals surface area contributed by atoms with E-state index in [0.29, 0.717) is 19.1 Å². The summed E-state index contributed by atoms with van der Waals surface area (Å²) in [5, 5.41) is 5.08. The van der Waals surface area contributed by atoms with Crippen molar-refractivity contribution in [1.29, 1.82) is 0 Å². The molecule has 0 aliphatic carbocycles. The minimum absolute atomic E-state index is 0.170. The predicted octanol–water partition coefficient (Wildman–Crippen LogP) is 1.95. The van der Waals surface area contributed by atoms with Crippen LogP contribution in [0.4, 0.5) is 0 Å². The lowest BCUT2D eigenvalue weighted by atomic mass is 10.4. The Morgan fingerprint density at radius 3 is 3.06 bits per heavy atom. The van der Waals surface area contributed by atoms with Crippen molar-refractivity contribution in [2.45, 2.75) is 19.5 Å². The van der Waals surface area contributed by atoms with E-state index < -0.39 is 0 Å². The Hall–Kier alpha value is -0.590. The second-order valence-electron chi connectivity index (χ2n) is 3.43. The van der Waals surface area contributed by atoms with Gasteiger partial charge in [-0.2, -0.15) is 0 Å². The average Bonchev–Trinajstić information content (AvgIpc) is 2.61. The molecule has 1 heterocycles. The topological polar surface area (TPSA) is 59.6 Å². The Labute approximate surface area is 108 Å². The fourth-order valence-electron chi connectivity index (χ4n) is 1.19. The van der Waals surface area contributed by atoms with Crippen LogP contribution < -0.4 is 11.1 Å². The molecule has 1 aromatic rings. The van der Waals surface area contributed by atoms with Gasteiger partial charge < -0.3 is 15.8 Å². The minimum atomic E-state index is 0.170. The van der Waals surface area contributed by atoms with Crippen LogP contribution >= 0.6 is 27.3 Å². The molecule has 3 N–H and O–H groups in total. The third-order valence-corrected chi connectivity index (χ3v) is 3.52. The minimum Gasteiger partial charge on any atom is -0.383 e. The number of thiophene rings is 1. The van der Waals surface area contributed by atoms with Gasteiger partial charge in [0.15, 0.2) is 5.96 Å². The summed E-state index contributed by atoms with van der Waals surface area (Å²) in [7, 11) is 1.66. The number of guanidine groups is 1. The normalized spacial score (nSPS) is 13.8. The number of aliphatic imine (C=N–C) groups is 1. The highest BCUT2D eigenvalue weighted by atomic mass is 79.9. The maximum Gasteiger partial charge on any atom is 0.189 e. The number of hydrogen-bond donors (Lipinski definition) is 2. The lowest BCUT2D eigenvalue weighted by Crippen LogP contribution is -2.40. The van der Waals surface area contributed by atoms with Crippen LogP contribution in [-0.2, 0) is 11.3 Å². The van der Waals surface area contributed by atoms with Crippen molar-refractivity contribution < 1.29 is 4.74 Å². The van der Waals surface area contributed by atoms with Gasteiger partial charge in [-0.3, -0.25) is 0 Å². The van der Waals surface area contributed by atoms with Gasteiger partial charge in [0.05, 0.1) is 13.2 Å². The summed E-state index contributed by atoms with van der Waals surface area (Å²) in [6.07, 6.45) is 0. The van der Waals surface area contributed by atoms with Gasteiger partial charge in [-0.05, 0) is 28.9 Å². The Morgan fingerprint density at radius 2 is 2.50 bits per heavy atom. The highest BCUT2D eigenvalue weighted by Crippen LogP contribution is 2.20. The number of ether oxygens (including phenoxy) is 1. The standard InChI is InChI=1S/C10H16BrN3OS/c1-7(5-15-2)14-10(12)13-4-9-3-8(11)6-16-9/h3,6-7H,4-5H2,1-2H3,(H3,12,13,14). The molecular formula is C10H16BrN3OS. The average molecular weight is 306 g/mol. The van der Waals surface area contributed by atoms with E-state index in [-0.39, 0.29) is 6.04 Å². The lowest BCUT2D eigenvalue weighted by molar-refractivity contribution is 0.179. The smallest absolute Gasteiger partial charge is 0.189 e. The molecule has 1 unspecified atom stereocenters. The number of rotatable bonds is 5. The Morgan fingerprint density at radius 1 is 1.75 bits per heavy atom. The summed E-state index contributed by atoms with van der Waals surface area (Å²) < 4.78 is 6.08. The molecule has 0 aliphatic rings. The number of nitrogens with one attached hydrogen (secondary N) is 1. The molecule has 0 amide bonds. The van der Waals surface area contributed by atoms with E-state index in [9.17, 15) is 0 Å². The number of nitrogens with two attached hydrogens (primary N) is 1. The van der Waals surface area contributed by atoms with Crippen LogP contribution in [-0.4, -0.2) is 25.7 Å². The zero-order chi connectivity index (χ0) is 12.0. The molecule has 4 nitrogen and oxygen atoms in total. The van der Waals surface area contributed by atoms with Crippen molar-refractivity contribution in [2.75, 3.05) is 13.7 Å². The zero-order valence-electron chi connectivity index (χ0n) is 9.37. The first-order valence-electron chi connectivity index (χ1n) is 4.90. The van der Waals surface area contributed by atoms with E-state index in [1.807, 2.05) is 18.4 Å². The van der Waals surface area contributed by atoms with Gasteiger partial charge in [-0.1, -0.05) is 0 Å². The van der Waals surface area contributed by atoms with Gasteiger partial charge >= 0.3 is 0 Å². The summed E-state index contributed by atoms with van der Waals surface area (Å²) >= 11 is 5.06. The van der Waals surface area contributed by atoms with Crippen molar-refractivity contribution in [2.24, 2.45) is 10.7 Å². The maximum absolute atomic E-state index is 5.74. The molecule has 0 aromatic carbocycles. The number of hydrogen-bond acceptors (Lipinski definition) is 3. The van der Waals surface area contributed by atoms with Gasteiger partial charge in [-0.25, -0.2) is 4.99 Å². The molecule has 0 bridgehead atoms. The summed E-state index contributed by atoms with van der Waals surface area (Å²) in [4.78, 5) is 5.42. The molecule has 1 atom stereocenters. The Bertz CT molecular complexity index is 354. The summed E-state index contributed by atoms with van der Waals surface area (Å²) in [6, 6.07) is 2.21. The molecule has 0 radical (unpaired) electrons. The largest absolute Gasteiger partial charge is 0.383 e. The van der Waals surface area contributed by atoms with Crippen LogP contribution in [0.1, 0.15) is 11.8 Å². The maximum atomic E-state index is 5.74. The van der Waals surface area contributed by atoms with Crippen molar-refractivity contribution in [3.05, 3.63) is 20.8 Å². The molecule has 6 heteroatoms. The number of methoxy groups -OCH3 is 1. The summed E-state index contributed by atoms with van der Waals surface area (Å²) in [5.41, 5.74) is 5.74. The quantitative estimate of drug-likeness (QED) is 0.646. The number of nitrogens with zero attached hydrogens (tertiary/aromatic N) is 1. The van der Waals surface area contributed by atoms with Gasteiger partial charge in [0, 0.05) is 27.9 Å². The SMILES string of the molecule is COCC(C)NC(N)=NCc1cc(Br)cs1. The van der Waals surface area contributed by atoms with Crippen LogP contribution in [0.5, 0.6) is 0 Å². The van der Waals surface area contributed by atoms with Gasteiger partial charge in [0.1, 0.15) is 0 Å². The molecular weight excluding hydrogens is 290 g/mol. The van der Waals surface area contributed by atoms with Crippen LogP contribution in [0.3, 0.4) is 0 Å². The predicted molar refractivity (Wildman–Crippen MR) is 71.8 cm³/mol. The molecule has 0 saturated heterocycles. The number of halogens is 1. The summed E-state index contributed by atoms with van der Waals surface area (Å²) in [6.45, 7) is 3.21. The zero-order valence-corrected chi connectivity index (χ0v) is 11.8. The molecule has 0 aliphatic heterocycles. The molecule has 16 heavy (non-hydrogen) atoms. The third kappa shape index (κ3) is 4.96. The van der Waals surface area contributed by atoms with Crippen LogP contribution in [0.2, 0.25) is 0 Å². The summed E-state index contributed by atoms with van der Waals surface area (Å²) in [5.74, 6) is 0.453. The van der Waals surface area contributed by atoms with E-state index in [1.54, 1.807) is 18.4 Å². The molecule has 0 saturated carbocycles. The second-order valence-corrected chi connectivity index (χ2v) is 5.34. The third-order valence-electron chi connectivity index (χ3n) is 1.84. The Balaban J connectivity index is 2.39. The van der Waals surface area contributed by atoms with Crippen LogP contribution in [0.25, 0.3) is 0 Å². The first-order chi connectivity index (χ1) is 7.61. The van der Waals surface area contributed by atoms with Crippen molar-refractivity contribution >= 4 is 33.2 Å². The van der Waals surface area contributed by atoms with Crippen molar-refractivity contribution in [3.8, 4) is 0 Å². The highest BCUT2D eigenvalue weighted by molar-refractivity contribution is 9.10. The highest BCUT2D eigenvalue weighted by Gasteiger charge is 2.02. The first kappa shape index (κ1) is 13.5. The Kier molecular flexibility index (Phi) is 5.79.